The van der Waals surface area contributed by atoms with Crippen LogP contribution in [0.1, 0.15) is 33.6 Å². The van der Waals surface area contributed by atoms with E-state index in [9.17, 15) is 13.2 Å². The van der Waals surface area contributed by atoms with Crippen molar-refractivity contribution >= 4 is 27.5 Å². The molecule has 1 amide bonds. The Labute approximate surface area is 181 Å². The molecule has 3 rings (SSSR count). The average molecular weight is 454 g/mol. The van der Waals surface area contributed by atoms with Gasteiger partial charge in [0.05, 0.1) is 23.9 Å². The number of thioether (sulfide) groups is 1. The molecule has 1 aliphatic rings. The molecule has 2 atom stereocenters. The van der Waals surface area contributed by atoms with Crippen LogP contribution in [0.25, 0.3) is 5.69 Å². The smallest absolute Gasteiger partial charge is 0.233 e. The van der Waals surface area contributed by atoms with E-state index in [2.05, 4.69) is 15.5 Å². The first-order valence-corrected chi connectivity index (χ1v) is 12.8. The van der Waals surface area contributed by atoms with Gasteiger partial charge in [-0.2, -0.15) is 4.68 Å². The number of para-hydroxylation sites is 2. The SMILES string of the molecule is CCOc1ccccc1-n1nnnc1SCC(=O)N(C(C)CC)C1CCS(=O)(=O)C1. The normalized spacial score (nSPS) is 18.8. The maximum atomic E-state index is 13.1. The predicted molar refractivity (Wildman–Crippen MR) is 115 cm³/mol. The fourth-order valence-electron chi connectivity index (χ4n) is 3.53. The maximum absolute atomic E-state index is 13.1. The first-order chi connectivity index (χ1) is 14.4. The summed E-state index contributed by atoms with van der Waals surface area (Å²) in [6.07, 6.45) is 1.25. The highest BCUT2D eigenvalue weighted by Gasteiger charge is 2.36. The lowest BCUT2D eigenvalue weighted by molar-refractivity contribution is -0.132. The summed E-state index contributed by atoms with van der Waals surface area (Å²) in [6, 6.07) is 7.12. The molecule has 0 N–H and O–H groups in total. The Kier molecular flexibility index (Phi) is 7.35. The van der Waals surface area contributed by atoms with Gasteiger partial charge in [-0.25, -0.2) is 8.42 Å². The second kappa shape index (κ2) is 9.78. The molecule has 0 aliphatic carbocycles. The van der Waals surface area contributed by atoms with E-state index < -0.39 is 9.84 Å². The van der Waals surface area contributed by atoms with Crippen LogP contribution >= 0.6 is 11.8 Å². The highest BCUT2D eigenvalue weighted by Crippen LogP contribution is 2.27. The number of carbonyl (C=O) groups is 1. The van der Waals surface area contributed by atoms with E-state index in [4.69, 9.17) is 4.74 Å². The molecule has 2 aromatic rings. The standard InChI is InChI=1S/C19H27N5O4S2/c1-4-14(3)23(15-10-11-30(26,27)13-15)18(25)12-29-19-20-21-22-24(19)16-8-6-7-9-17(16)28-5-2/h6-9,14-15H,4-5,10-13H2,1-3H3. The number of rotatable bonds is 9. The number of carbonyl (C=O) groups excluding carboxylic acids is 1. The fourth-order valence-corrected chi connectivity index (χ4v) is 6.00. The molecule has 0 bridgehead atoms. The van der Waals surface area contributed by atoms with Crippen LogP contribution in [0.15, 0.2) is 29.4 Å². The van der Waals surface area contributed by atoms with E-state index in [1.807, 2.05) is 45.0 Å². The summed E-state index contributed by atoms with van der Waals surface area (Å²) in [5.74, 6) is 0.838. The van der Waals surface area contributed by atoms with Crippen LogP contribution in [0, 0.1) is 0 Å². The molecule has 1 saturated heterocycles. The number of amides is 1. The summed E-state index contributed by atoms with van der Waals surface area (Å²) in [6.45, 7) is 6.36. The zero-order chi connectivity index (χ0) is 21.7. The van der Waals surface area contributed by atoms with Gasteiger partial charge < -0.3 is 9.64 Å². The van der Waals surface area contributed by atoms with Crippen LogP contribution in [0.4, 0.5) is 0 Å². The van der Waals surface area contributed by atoms with Crippen molar-refractivity contribution in [2.75, 3.05) is 23.9 Å². The molecule has 1 aromatic heterocycles. The van der Waals surface area contributed by atoms with E-state index in [1.54, 1.807) is 9.58 Å². The summed E-state index contributed by atoms with van der Waals surface area (Å²) in [7, 11) is -3.08. The Hall–Kier alpha value is -2.14. The number of aromatic nitrogens is 4. The number of benzene rings is 1. The van der Waals surface area contributed by atoms with Crippen LogP contribution in [0.2, 0.25) is 0 Å². The number of ether oxygens (including phenoxy) is 1. The predicted octanol–water partition coefficient (Wildman–Crippen LogP) is 1.97. The molecule has 0 spiro atoms. The van der Waals surface area contributed by atoms with Crippen molar-refractivity contribution < 1.29 is 17.9 Å². The molecule has 164 valence electrons. The van der Waals surface area contributed by atoms with Gasteiger partial charge in [-0.3, -0.25) is 4.79 Å². The van der Waals surface area contributed by atoms with E-state index in [0.717, 1.165) is 6.42 Å². The van der Waals surface area contributed by atoms with Crippen LogP contribution in [-0.2, 0) is 14.6 Å². The number of hydrogen-bond acceptors (Lipinski definition) is 8. The van der Waals surface area contributed by atoms with Crippen LogP contribution in [0.5, 0.6) is 5.75 Å². The highest BCUT2D eigenvalue weighted by atomic mass is 32.2. The van der Waals surface area contributed by atoms with Gasteiger partial charge in [0.2, 0.25) is 11.1 Å². The molecule has 0 saturated carbocycles. The third kappa shape index (κ3) is 5.12. The number of hydrogen-bond donors (Lipinski definition) is 0. The molecule has 2 heterocycles. The van der Waals surface area contributed by atoms with E-state index in [0.29, 0.717) is 29.6 Å². The summed E-state index contributed by atoms with van der Waals surface area (Å²) >= 11 is 1.23. The first kappa shape index (κ1) is 22.5. The Balaban J connectivity index is 1.75. The zero-order valence-corrected chi connectivity index (χ0v) is 19.0. The molecule has 11 heteroatoms. The minimum Gasteiger partial charge on any atom is -0.492 e. The quantitative estimate of drug-likeness (QED) is 0.531. The number of tetrazole rings is 1. The molecule has 2 unspecified atom stereocenters. The van der Waals surface area contributed by atoms with Gasteiger partial charge in [0, 0.05) is 12.1 Å². The van der Waals surface area contributed by atoms with Crippen LogP contribution in [0.3, 0.4) is 0 Å². The molecule has 9 nitrogen and oxygen atoms in total. The second-order valence-corrected chi connectivity index (χ2v) is 10.3. The van der Waals surface area contributed by atoms with E-state index in [-0.39, 0.29) is 35.2 Å². The lowest BCUT2D eigenvalue weighted by Crippen LogP contribution is -2.47. The third-order valence-electron chi connectivity index (χ3n) is 5.11. The Morgan fingerprint density at radius 2 is 2.13 bits per heavy atom. The molecule has 30 heavy (non-hydrogen) atoms. The van der Waals surface area contributed by atoms with Crippen molar-refractivity contribution in [3.05, 3.63) is 24.3 Å². The summed E-state index contributed by atoms with van der Waals surface area (Å²) < 4.78 is 31.1. The van der Waals surface area contributed by atoms with Crippen molar-refractivity contribution in [1.82, 2.24) is 25.1 Å². The lowest BCUT2D eigenvalue weighted by atomic mass is 10.1. The highest BCUT2D eigenvalue weighted by molar-refractivity contribution is 7.99. The van der Waals surface area contributed by atoms with Crippen molar-refractivity contribution in [2.24, 2.45) is 0 Å². The van der Waals surface area contributed by atoms with Crippen LogP contribution < -0.4 is 4.74 Å². The Bertz CT molecular complexity index is 979. The van der Waals surface area contributed by atoms with Gasteiger partial charge >= 0.3 is 0 Å². The number of sulfone groups is 1. The zero-order valence-electron chi connectivity index (χ0n) is 17.4. The van der Waals surface area contributed by atoms with E-state index >= 15 is 0 Å². The van der Waals surface area contributed by atoms with Gasteiger partial charge in [0.25, 0.3) is 0 Å². The number of nitrogens with zero attached hydrogens (tertiary/aromatic N) is 5. The van der Waals surface area contributed by atoms with Gasteiger partial charge in [0.1, 0.15) is 11.4 Å². The third-order valence-corrected chi connectivity index (χ3v) is 7.77. The minimum atomic E-state index is -3.08. The maximum Gasteiger partial charge on any atom is 0.233 e. The van der Waals surface area contributed by atoms with Crippen LogP contribution in [-0.4, -0.2) is 75.4 Å². The molecule has 1 fully saturated rings. The minimum absolute atomic E-state index is 0.0349. The van der Waals surface area contributed by atoms with Gasteiger partial charge in [-0.1, -0.05) is 30.8 Å². The summed E-state index contributed by atoms with van der Waals surface area (Å²) in [4.78, 5) is 14.8. The second-order valence-electron chi connectivity index (χ2n) is 7.18. The van der Waals surface area contributed by atoms with Crippen molar-refractivity contribution in [3.63, 3.8) is 0 Å². The Morgan fingerprint density at radius 3 is 2.80 bits per heavy atom. The molecule has 0 radical (unpaired) electrons. The largest absolute Gasteiger partial charge is 0.492 e. The lowest BCUT2D eigenvalue weighted by Gasteiger charge is -2.33. The Morgan fingerprint density at radius 1 is 1.37 bits per heavy atom. The van der Waals surface area contributed by atoms with Gasteiger partial charge in [-0.15, -0.1) is 5.10 Å². The summed E-state index contributed by atoms with van der Waals surface area (Å²) in [5, 5.41) is 12.3. The summed E-state index contributed by atoms with van der Waals surface area (Å²) in [5.41, 5.74) is 0.694. The average Bonchev–Trinajstić information content (AvgIpc) is 3.33. The van der Waals surface area contributed by atoms with Crippen molar-refractivity contribution in [3.8, 4) is 11.4 Å². The monoisotopic (exact) mass is 453 g/mol. The topological polar surface area (TPSA) is 107 Å². The van der Waals surface area contributed by atoms with Gasteiger partial charge in [-0.05, 0) is 49.2 Å². The van der Waals surface area contributed by atoms with E-state index in [1.165, 1.54) is 11.8 Å². The van der Waals surface area contributed by atoms with Crippen molar-refractivity contribution in [2.45, 2.75) is 50.9 Å². The fraction of sp³-hybridized carbons (Fsp3) is 0.579. The molecule has 1 aliphatic heterocycles. The van der Waals surface area contributed by atoms with Gasteiger partial charge in [0.15, 0.2) is 9.84 Å². The molecular formula is C19H27N5O4S2. The molecule has 1 aromatic carbocycles. The first-order valence-electron chi connectivity index (χ1n) is 10.0. The molecular weight excluding hydrogens is 426 g/mol. The van der Waals surface area contributed by atoms with Crippen molar-refractivity contribution in [1.29, 1.82) is 0 Å².